The third kappa shape index (κ3) is 4.44. The van der Waals surface area contributed by atoms with E-state index in [-0.39, 0.29) is 41.5 Å². The fourth-order valence-corrected chi connectivity index (χ4v) is 3.49. The van der Waals surface area contributed by atoms with Gasteiger partial charge in [-0.15, -0.1) is 35.3 Å². The molecule has 1 fully saturated rings. The Balaban J connectivity index is 0.00000208. The van der Waals surface area contributed by atoms with Crippen LogP contribution in [0.25, 0.3) is 0 Å². The minimum absolute atomic E-state index is 0. The topological polar surface area (TPSA) is 36.4 Å². The molecule has 1 aromatic heterocycles. The van der Waals surface area contributed by atoms with Crippen molar-refractivity contribution in [1.82, 2.24) is 10.6 Å². The fraction of sp³-hybridized carbons (Fsp3) is 0.353. The van der Waals surface area contributed by atoms with Gasteiger partial charge in [0.15, 0.2) is 5.96 Å². The molecule has 1 aliphatic rings. The number of guanidine groups is 1. The van der Waals surface area contributed by atoms with Gasteiger partial charge in [0.2, 0.25) is 0 Å². The fourth-order valence-electron chi connectivity index (χ4n) is 2.66. The molecule has 0 aliphatic heterocycles. The first-order chi connectivity index (χ1) is 11.1. The Hall–Kier alpha value is -1.22. The lowest BCUT2D eigenvalue weighted by Crippen LogP contribution is -2.38. The predicted molar refractivity (Wildman–Crippen MR) is 105 cm³/mol. The van der Waals surface area contributed by atoms with Crippen LogP contribution in [-0.2, 0) is 6.54 Å². The van der Waals surface area contributed by atoms with Crippen molar-refractivity contribution in [1.29, 1.82) is 0 Å². The quantitative estimate of drug-likeness (QED) is 0.406. The van der Waals surface area contributed by atoms with Crippen molar-refractivity contribution < 1.29 is 8.78 Å². The Labute approximate surface area is 161 Å². The number of hydrogen-bond acceptors (Lipinski definition) is 2. The van der Waals surface area contributed by atoms with Gasteiger partial charge in [-0.25, -0.2) is 8.78 Å². The minimum Gasteiger partial charge on any atom is -0.353 e. The van der Waals surface area contributed by atoms with E-state index in [1.165, 1.54) is 28.0 Å². The first-order valence-electron chi connectivity index (χ1n) is 7.55. The molecule has 24 heavy (non-hydrogen) atoms. The van der Waals surface area contributed by atoms with Gasteiger partial charge in [0.05, 0.1) is 6.54 Å². The summed E-state index contributed by atoms with van der Waals surface area (Å²) in [6.07, 6.45) is 0.705. The van der Waals surface area contributed by atoms with E-state index in [0.29, 0.717) is 18.9 Å². The summed E-state index contributed by atoms with van der Waals surface area (Å²) in [4.78, 5) is 6.66. The highest BCUT2D eigenvalue weighted by molar-refractivity contribution is 14.0. The number of aliphatic imine (C=N–C) groups is 1. The average Bonchev–Trinajstić information content (AvgIpc) is 3.14. The molecule has 0 bridgehead atoms. The summed E-state index contributed by atoms with van der Waals surface area (Å²) in [5, 5.41) is 6.46. The maximum absolute atomic E-state index is 13.8. The zero-order chi connectivity index (χ0) is 16.4. The molecule has 3 nitrogen and oxygen atoms in total. The van der Waals surface area contributed by atoms with E-state index >= 15 is 0 Å². The maximum Gasteiger partial charge on any atom is 0.191 e. The minimum atomic E-state index is -0.476. The van der Waals surface area contributed by atoms with Crippen molar-refractivity contribution in [3.05, 3.63) is 57.3 Å². The van der Waals surface area contributed by atoms with E-state index in [2.05, 4.69) is 34.7 Å². The van der Waals surface area contributed by atoms with Crippen LogP contribution >= 0.6 is 35.3 Å². The van der Waals surface area contributed by atoms with Gasteiger partial charge in [-0.3, -0.25) is 4.99 Å². The smallest absolute Gasteiger partial charge is 0.191 e. The molecule has 0 radical (unpaired) electrons. The molecule has 0 saturated heterocycles. The summed E-state index contributed by atoms with van der Waals surface area (Å²) >= 11 is 1.73. The Bertz CT molecular complexity index is 712. The van der Waals surface area contributed by atoms with Crippen LogP contribution in [0.1, 0.15) is 27.7 Å². The standard InChI is InChI=1S/C17H19F2N3S.HI/c1-10-6-7-11(23-10)9-21-17(20-2)22-15-8-12(15)16-13(18)4-3-5-14(16)19;/h3-7,12,15H,8-9H2,1-2H3,(H2,20,21,22);1H. The van der Waals surface area contributed by atoms with Gasteiger partial charge in [-0.1, -0.05) is 6.07 Å². The van der Waals surface area contributed by atoms with Crippen LogP contribution < -0.4 is 10.6 Å². The van der Waals surface area contributed by atoms with Crippen LogP contribution in [0.15, 0.2) is 35.3 Å². The van der Waals surface area contributed by atoms with Crippen molar-refractivity contribution in [2.75, 3.05) is 7.05 Å². The Morgan fingerprint density at radius 2 is 1.96 bits per heavy atom. The zero-order valence-corrected chi connectivity index (χ0v) is 16.6. The SMILES string of the molecule is CN=C(NCc1ccc(C)s1)NC1CC1c1c(F)cccc1F.I. The monoisotopic (exact) mass is 463 g/mol. The molecule has 1 aliphatic carbocycles. The van der Waals surface area contributed by atoms with Crippen LogP contribution in [0.2, 0.25) is 0 Å². The molecule has 2 atom stereocenters. The average molecular weight is 463 g/mol. The molecule has 1 saturated carbocycles. The number of benzene rings is 1. The summed E-state index contributed by atoms with van der Waals surface area (Å²) in [5.74, 6) is -0.438. The van der Waals surface area contributed by atoms with Gasteiger partial charge in [-0.05, 0) is 37.6 Å². The second kappa shape index (κ2) is 8.24. The molecular weight excluding hydrogens is 443 g/mol. The van der Waals surface area contributed by atoms with Gasteiger partial charge in [0, 0.05) is 34.3 Å². The van der Waals surface area contributed by atoms with Gasteiger partial charge in [0.1, 0.15) is 11.6 Å². The summed E-state index contributed by atoms with van der Waals surface area (Å²) in [7, 11) is 1.69. The van der Waals surface area contributed by atoms with Crippen LogP contribution in [0, 0.1) is 18.6 Å². The first-order valence-corrected chi connectivity index (χ1v) is 8.36. The molecular formula is C17H20F2IN3S. The Morgan fingerprint density at radius 1 is 1.25 bits per heavy atom. The number of nitrogens with one attached hydrogen (secondary N) is 2. The number of halogens is 3. The summed E-state index contributed by atoms with van der Waals surface area (Å²) in [6.45, 7) is 2.75. The van der Waals surface area contributed by atoms with Gasteiger partial charge in [-0.2, -0.15) is 0 Å². The van der Waals surface area contributed by atoms with Gasteiger partial charge < -0.3 is 10.6 Å². The molecule has 0 spiro atoms. The van der Waals surface area contributed by atoms with Crippen LogP contribution in [0.4, 0.5) is 8.78 Å². The number of nitrogens with zero attached hydrogens (tertiary/aromatic N) is 1. The molecule has 0 amide bonds. The maximum atomic E-state index is 13.8. The van der Waals surface area contributed by atoms with E-state index < -0.39 is 11.6 Å². The van der Waals surface area contributed by atoms with Crippen LogP contribution in [0.3, 0.4) is 0 Å². The molecule has 1 heterocycles. The number of hydrogen-bond donors (Lipinski definition) is 2. The van der Waals surface area contributed by atoms with E-state index in [9.17, 15) is 8.78 Å². The molecule has 130 valence electrons. The van der Waals surface area contributed by atoms with Crippen molar-refractivity contribution in [3.8, 4) is 0 Å². The first kappa shape index (κ1) is 19.1. The second-order valence-electron chi connectivity index (χ2n) is 5.67. The third-order valence-electron chi connectivity index (χ3n) is 3.93. The molecule has 3 rings (SSSR count). The molecule has 2 N–H and O–H groups in total. The lowest BCUT2D eigenvalue weighted by Gasteiger charge is -2.11. The molecule has 1 aromatic carbocycles. The van der Waals surface area contributed by atoms with Gasteiger partial charge in [0.25, 0.3) is 0 Å². The van der Waals surface area contributed by atoms with Crippen molar-refractivity contribution in [2.45, 2.75) is 31.8 Å². The van der Waals surface area contributed by atoms with Gasteiger partial charge >= 0.3 is 0 Å². The number of thiophene rings is 1. The zero-order valence-electron chi connectivity index (χ0n) is 13.5. The predicted octanol–water partition coefficient (Wildman–Crippen LogP) is 4.17. The molecule has 2 unspecified atom stereocenters. The van der Waals surface area contributed by atoms with E-state index in [1.807, 2.05) is 0 Å². The third-order valence-corrected chi connectivity index (χ3v) is 4.93. The highest BCUT2D eigenvalue weighted by Gasteiger charge is 2.42. The lowest BCUT2D eigenvalue weighted by molar-refractivity contribution is 0.553. The normalized spacial score (nSPS) is 19.6. The second-order valence-corrected chi connectivity index (χ2v) is 7.04. The van der Waals surface area contributed by atoms with E-state index in [1.54, 1.807) is 18.4 Å². The number of rotatable bonds is 4. The van der Waals surface area contributed by atoms with Crippen LogP contribution in [-0.4, -0.2) is 19.0 Å². The molecule has 2 aromatic rings. The van der Waals surface area contributed by atoms with Crippen molar-refractivity contribution in [2.24, 2.45) is 4.99 Å². The highest BCUT2D eigenvalue weighted by atomic mass is 127. The lowest BCUT2D eigenvalue weighted by atomic mass is 10.1. The van der Waals surface area contributed by atoms with Crippen LogP contribution in [0.5, 0.6) is 0 Å². The number of aryl methyl sites for hydroxylation is 1. The molecule has 7 heteroatoms. The Kier molecular flexibility index (Phi) is 6.56. The highest BCUT2D eigenvalue weighted by Crippen LogP contribution is 2.43. The summed E-state index contributed by atoms with van der Waals surface area (Å²) < 4.78 is 27.6. The van der Waals surface area contributed by atoms with E-state index in [4.69, 9.17) is 0 Å². The van der Waals surface area contributed by atoms with Crippen molar-refractivity contribution >= 4 is 41.3 Å². The Morgan fingerprint density at radius 3 is 2.54 bits per heavy atom. The van der Waals surface area contributed by atoms with E-state index in [0.717, 1.165) is 0 Å². The largest absolute Gasteiger partial charge is 0.353 e. The van der Waals surface area contributed by atoms with Crippen molar-refractivity contribution in [3.63, 3.8) is 0 Å². The summed E-state index contributed by atoms with van der Waals surface area (Å²) in [5.41, 5.74) is 0.175. The summed E-state index contributed by atoms with van der Waals surface area (Å²) in [6, 6.07) is 8.17.